The quantitative estimate of drug-likeness (QED) is 0.707. The van der Waals surface area contributed by atoms with E-state index in [0.717, 1.165) is 49.2 Å². The third-order valence-corrected chi connectivity index (χ3v) is 5.88. The Bertz CT molecular complexity index is 829. The third-order valence-electron chi connectivity index (χ3n) is 5.47. The maximum Gasteiger partial charge on any atom is 0.199 e. The van der Waals surface area contributed by atoms with E-state index in [1.807, 2.05) is 16.8 Å². The van der Waals surface area contributed by atoms with Gasteiger partial charge in [0.25, 0.3) is 0 Å². The van der Waals surface area contributed by atoms with Gasteiger partial charge in [-0.1, -0.05) is 13.8 Å². The number of rotatable bonds is 6. The number of nitrogens with zero attached hydrogens (tertiary/aromatic N) is 5. The standard InChI is InChI=1S/C20H29N5OS/c1-15(2)19-21-24(20(27)25(19)17-4-5-17)14-22-10-12-23(13-11-22)16-6-8-18(26-3)9-7-16/h6-9,15,17H,4-5,10-14H2,1-3H3. The largest absolute Gasteiger partial charge is 0.497 e. The van der Waals surface area contributed by atoms with E-state index in [-0.39, 0.29) is 0 Å². The van der Waals surface area contributed by atoms with Gasteiger partial charge in [-0.25, -0.2) is 4.68 Å². The molecule has 1 aromatic carbocycles. The first-order valence-corrected chi connectivity index (χ1v) is 10.3. The number of methoxy groups -OCH3 is 1. The minimum atomic E-state index is 0.403. The van der Waals surface area contributed by atoms with E-state index in [1.165, 1.54) is 18.5 Å². The molecule has 4 rings (SSSR count). The summed E-state index contributed by atoms with van der Waals surface area (Å²) in [5.41, 5.74) is 1.26. The highest BCUT2D eigenvalue weighted by Crippen LogP contribution is 2.37. The van der Waals surface area contributed by atoms with Crippen molar-refractivity contribution in [1.29, 1.82) is 0 Å². The fourth-order valence-corrected chi connectivity index (χ4v) is 4.07. The van der Waals surface area contributed by atoms with Crippen LogP contribution in [0.2, 0.25) is 0 Å². The van der Waals surface area contributed by atoms with Crippen LogP contribution in [0.3, 0.4) is 0 Å². The minimum Gasteiger partial charge on any atom is -0.497 e. The van der Waals surface area contributed by atoms with Gasteiger partial charge in [0.05, 0.1) is 13.8 Å². The lowest BCUT2D eigenvalue weighted by molar-refractivity contribution is 0.193. The fourth-order valence-electron chi connectivity index (χ4n) is 3.73. The van der Waals surface area contributed by atoms with Crippen LogP contribution in [0.25, 0.3) is 0 Å². The molecule has 1 saturated carbocycles. The SMILES string of the molecule is COc1ccc(N2CCN(Cn3nc(C(C)C)n(C4CC4)c3=S)CC2)cc1. The highest BCUT2D eigenvalue weighted by Gasteiger charge is 2.29. The van der Waals surface area contributed by atoms with Crippen molar-refractivity contribution in [3.63, 3.8) is 0 Å². The Morgan fingerprint density at radius 3 is 2.33 bits per heavy atom. The first-order valence-electron chi connectivity index (χ1n) is 9.87. The maximum absolute atomic E-state index is 5.75. The number of hydrogen-bond acceptors (Lipinski definition) is 5. The summed E-state index contributed by atoms with van der Waals surface area (Å²) >= 11 is 5.75. The monoisotopic (exact) mass is 387 g/mol. The molecule has 0 radical (unpaired) electrons. The Kier molecular flexibility index (Phi) is 5.23. The molecule has 0 bridgehead atoms. The molecular weight excluding hydrogens is 358 g/mol. The number of ether oxygens (including phenoxy) is 1. The Labute approximate surface area is 166 Å². The number of benzene rings is 1. The van der Waals surface area contributed by atoms with E-state index in [4.69, 9.17) is 22.1 Å². The van der Waals surface area contributed by atoms with Crippen molar-refractivity contribution in [3.8, 4) is 5.75 Å². The Morgan fingerprint density at radius 1 is 1.11 bits per heavy atom. The van der Waals surface area contributed by atoms with Crippen molar-refractivity contribution in [1.82, 2.24) is 19.2 Å². The maximum atomic E-state index is 5.75. The number of piperazine rings is 1. The molecule has 6 nitrogen and oxygen atoms in total. The Balaban J connectivity index is 1.40. The summed E-state index contributed by atoms with van der Waals surface area (Å²) in [5, 5.41) is 4.87. The molecule has 1 aliphatic heterocycles. The van der Waals surface area contributed by atoms with Crippen LogP contribution in [0.15, 0.2) is 24.3 Å². The van der Waals surface area contributed by atoms with E-state index < -0.39 is 0 Å². The van der Waals surface area contributed by atoms with Crippen LogP contribution >= 0.6 is 12.2 Å². The summed E-state index contributed by atoms with van der Waals surface area (Å²) < 4.78 is 10.5. The van der Waals surface area contributed by atoms with Gasteiger partial charge < -0.3 is 14.2 Å². The molecule has 2 heterocycles. The molecular formula is C20H29N5OS. The second-order valence-electron chi connectivity index (χ2n) is 7.84. The van der Waals surface area contributed by atoms with Crippen molar-refractivity contribution < 1.29 is 4.74 Å². The summed E-state index contributed by atoms with van der Waals surface area (Å²) in [7, 11) is 1.70. The van der Waals surface area contributed by atoms with E-state index >= 15 is 0 Å². The van der Waals surface area contributed by atoms with Gasteiger partial charge in [0.15, 0.2) is 4.77 Å². The summed E-state index contributed by atoms with van der Waals surface area (Å²) in [6.07, 6.45) is 2.47. The van der Waals surface area contributed by atoms with Gasteiger partial charge >= 0.3 is 0 Å². The van der Waals surface area contributed by atoms with Crippen molar-refractivity contribution >= 4 is 17.9 Å². The molecule has 1 aromatic heterocycles. The molecule has 0 atom stereocenters. The van der Waals surface area contributed by atoms with Crippen LogP contribution in [-0.2, 0) is 6.67 Å². The lowest BCUT2D eigenvalue weighted by Crippen LogP contribution is -2.47. The van der Waals surface area contributed by atoms with Crippen LogP contribution < -0.4 is 9.64 Å². The van der Waals surface area contributed by atoms with Gasteiger partial charge in [-0.05, 0) is 49.3 Å². The molecule has 2 aromatic rings. The van der Waals surface area contributed by atoms with Crippen LogP contribution in [0.5, 0.6) is 5.75 Å². The van der Waals surface area contributed by atoms with E-state index in [2.05, 4.69) is 40.3 Å². The van der Waals surface area contributed by atoms with Gasteiger partial charge in [-0.2, -0.15) is 5.10 Å². The zero-order chi connectivity index (χ0) is 19.0. The summed E-state index contributed by atoms with van der Waals surface area (Å²) in [5.74, 6) is 2.44. The zero-order valence-electron chi connectivity index (χ0n) is 16.5. The van der Waals surface area contributed by atoms with E-state index in [1.54, 1.807) is 7.11 Å². The zero-order valence-corrected chi connectivity index (χ0v) is 17.3. The lowest BCUT2D eigenvalue weighted by Gasteiger charge is -2.35. The van der Waals surface area contributed by atoms with Crippen LogP contribution in [0.4, 0.5) is 5.69 Å². The smallest absolute Gasteiger partial charge is 0.199 e. The molecule has 0 unspecified atom stereocenters. The average molecular weight is 388 g/mol. The van der Waals surface area contributed by atoms with Gasteiger partial charge in [0, 0.05) is 43.8 Å². The number of hydrogen-bond donors (Lipinski definition) is 0. The van der Waals surface area contributed by atoms with E-state index in [0.29, 0.717) is 12.0 Å². The molecule has 0 N–H and O–H groups in total. The minimum absolute atomic E-state index is 0.403. The third kappa shape index (κ3) is 3.89. The van der Waals surface area contributed by atoms with Gasteiger partial charge in [0.2, 0.25) is 0 Å². The van der Waals surface area contributed by atoms with Crippen LogP contribution in [-0.4, -0.2) is 52.5 Å². The topological polar surface area (TPSA) is 38.5 Å². The van der Waals surface area contributed by atoms with Gasteiger partial charge in [-0.3, -0.25) is 4.90 Å². The van der Waals surface area contributed by atoms with Crippen molar-refractivity contribution in [2.24, 2.45) is 0 Å². The summed E-state index contributed by atoms with van der Waals surface area (Å²) in [6.45, 7) is 9.25. The van der Waals surface area contributed by atoms with Crippen LogP contribution in [0, 0.1) is 4.77 Å². The molecule has 146 valence electrons. The second-order valence-corrected chi connectivity index (χ2v) is 8.21. The summed E-state index contributed by atoms with van der Waals surface area (Å²) in [4.78, 5) is 4.88. The van der Waals surface area contributed by atoms with Crippen molar-refractivity contribution in [2.75, 3.05) is 38.2 Å². The molecule has 2 fully saturated rings. The first kappa shape index (κ1) is 18.5. The molecule has 27 heavy (non-hydrogen) atoms. The molecule has 0 spiro atoms. The fraction of sp³-hybridized carbons (Fsp3) is 0.600. The first-order chi connectivity index (χ1) is 13.1. The highest BCUT2D eigenvalue weighted by atomic mass is 32.1. The van der Waals surface area contributed by atoms with Gasteiger partial charge in [-0.15, -0.1) is 0 Å². The lowest BCUT2D eigenvalue weighted by atomic mass is 10.2. The molecule has 1 aliphatic carbocycles. The number of anilines is 1. The molecule has 7 heteroatoms. The summed E-state index contributed by atoms with van der Waals surface area (Å²) in [6, 6.07) is 8.90. The Morgan fingerprint density at radius 2 is 1.78 bits per heavy atom. The Hall–Kier alpha value is -1.86. The normalized spacial score (nSPS) is 18.3. The second kappa shape index (κ2) is 7.64. The van der Waals surface area contributed by atoms with Crippen LogP contribution in [0.1, 0.15) is 44.5 Å². The molecule has 1 saturated heterocycles. The van der Waals surface area contributed by atoms with Gasteiger partial charge in [0.1, 0.15) is 11.6 Å². The number of aromatic nitrogens is 3. The highest BCUT2D eigenvalue weighted by molar-refractivity contribution is 7.71. The predicted octanol–water partition coefficient (Wildman–Crippen LogP) is 3.66. The van der Waals surface area contributed by atoms with Crippen molar-refractivity contribution in [2.45, 2.75) is 45.3 Å². The average Bonchev–Trinajstić information content (AvgIpc) is 3.47. The van der Waals surface area contributed by atoms with E-state index in [9.17, 15) is 0 Å². The van der Waals surface area contributed by atoms with Crippen molar-refractivity contribution in [3.05, 3.63) is 34.9 Å². The predicted molar refractivity (Wildman–Crippen MR) is 110 cm³/mol. The molecule has 0 amide bonds. The molecule has 2 aliphatic rings.